The number of ether oxygens (including phenoxy) is 2. The lowest BCUT2D eigenvalue weighted by molar-refractivity contribution is 0.0612. The number of aromatic nitrogens is 2. The normalized spacial score (nSPS) is 17.1. The summed E-state index contributed by atoms with van der Waals surface area (Å²) in [7, 11) is 0. The number of nitrogens with zero attached hydrogens (tertiary/aromatic N) is 2. The predicted octanol–water partition coefficient (Wildman–Crippen LogP) is 4.20. The molecular formula is C35H44N8O3. The molecule has 5 rings (SSSR count). The smallest absolute Gasteiger partial charge is 0.212 e. The van der Waals surface area contributed by atoms with Crippen molar-refractivity contribution in [3.05, 3.63) is 100 Å². The molecular weight excluding hydrogens is 580 g/mol. The van der Waals surface area contributed by atoms with Crippen LogP contribution >= 0.6 is 0 Å². The number of rotatable bonds is 11. The van der Waals surface area contributed by atoms with Gasteiger partial charge in [0.25, 0.3) is 0 Å². The Morgan fingerprint density at radius 1 is 1.04 bits per heavy atom. The first-order valence-electron chi connectivity index (χ1n) is 15.7. The molecule has 46 heavy (non-hydrogen) atoms. The number of nitrogen functional groups attached to an aromatic ring is 1. The van der Waals surface area contributed by atoms with Crippen LogP contribution in [0.15, 0.2) is 77.9 Å². The van der Waals surface area contributed by atoms with Gasteiger partial charge in [0.05, 0.1) is 0 Å². The zero-order valence-corrected chi connectivity index (χ0v) is 26.3. The van der Waals surface area contributed by atoms with Gasteiger partial charge in [-0.3, -0.25) is 4.79 Å². The summed E-state index contributed by atoms with van der Waals surface area (Å²) >= 11 is 0. The maximum Gasteiger partial charge on any atom is 0.212 e. The van der Waals surface area contributed by atoms with E-state index < -0.39 is 0 Å². The summed E-state index contributed by atoms with van der Waals surface area (Å²) in [4.78, 5) is 18.0. The Hall–Kier alpha value is -4.87. The van der Waals surface area contributed by atoms with Gasteiger partial charge in [-0.15, -0.1) is 0 Å². The third-order valence-corrected chi connectivity index (χ3v) is 8.39. The van der Waals surface area contributed by atoms with Crippen LogP contribution in [0.25, 0.3) is 22.4 Å². The Morgan fingerprint density at radius 3 is 2.43 bits per heavy atom. The molecule has 0 bridgehead atoms. The van der Waals surface area contributed by atoms with Crippen molar-refractivity contribution in [2.24, 2.45) is 17.4 Å². The largest absolute Gasteiger partial charge is 0.398 e. The van der Waals surface area contributed by atoms with Crippen molar-refractivity contribution >= 4 is 29.0 Å². The van der Waals surface area contributed by atoms with E-state index >= 15 is 0 Å². The van der Waals surface area contributed by atoms with Gasteiger partial charge >= 0.3 is 0 Å². The van der Waals surface area contributed by atoms with Crippen LogP contribution in [-0.4, -0.2) is 48.2 Å². The Bertz CT molecular complexity index is 1660. The second-order valence-electron chi connectivity index (χ2n) is 11.9. The van der Waals surface area contributed by atoms with E-state index in [0.29, 0.717) is 45.6 Å². The van der Waals surface area contributed by atoms with Crippen LogP contribution in [0, 0.1) is 18.3 Å². The maximum atomic E-state index is 13.6. The number of hydrogen-bond donors (Lipinski definition) is 6. The van der Waals surface area contributed by atoms with Crippen LogP contribution in [0.3, 0.4) is 0 Å². The van der Waals surface area contributed by atoms with E-state index in [9.17, 15) is 4.79 Å². The first-order valence-corrected chi connectivity index (χ1v) is 15.7. The fourth-order valence-electron chi connectivity index (χ4n) is 5.60. The van der Waals surface area contributed by atoms with E-state index in [1.54, 1.807) is 24.4 Å². The van der Waals surface area contributed by atoms with Gasteiger partial charge in [0, 0.05) is 98.0 Å². The molecule has 9 N–H and O–H groups in total. The maximum absolute atomic E-state index is 13.6. The number of pyridine rings is 2. The summed E-state index contributed by atoms with van der Waals surface area (Å²) in [6.45, 7) is 5.73. The van der Waals surface area contributed by atoms with E-state index in [1.165, 1.54) is 6.21 Å². The van der Waals surface area contributed by atoms with Crippen LogP contribution in [0.5, 0.6) is 0 Å². The topological polar surface area (TPSA) is 179 Å². The first kappa shape index (κ1) is 32.5. The second kappa shape index (κ2) is 15.4. The van der Waals surface area contributed by atoms with E-state index in [0.717, 1.165) is 69.8 Å². The van der Waals surface area contributed by atoms with Crippen LogP contribution in [0.1, 0.15) is 42.4 Å². The van der Waals surface area contributed by atoms with Crippen molar-refractivity contribution in [1.82, 2.24) is 14.9 Å². The highest BCUT2D eigenvalue weighted by molar-refractivity contribution is 6.08. The van der Waals surface area contributed by atoms with Gasteiger partial charge in [-0.1, -0.05) is 29.8 Å². The number of nitrogens with two attached hydrogens (primary N) is 3. The Labute approximate surface area is 269 Å². The van der Waals surface area contributed by atoms with Crippen molar-refractivity contribution in [3.8, 4) is 11.1 Å². The number of allylic oxidation sites excluding steroid dienone is 3. The van der Waals surface area contributed by atoms with Crippen molar-refractivity contribution in [3.63, 3.8) is 0 Å². The molecule has 4 heterocycles. The molecule has 0 radical (unpaired) electrons. The Kier molecular flexibility index (Phi) is 10.9. The van der Waals surface area contributed by atoms with Gasteiger partial charge < -0.3 is 47.3 Å². The van der Waals surface area contributed by atoms with Crippen LogP contribution in [-0.2, 0) is 16.0 Å². The highest BCUT2D eigenvalue weighted by Gasteiger charge is 2.17. The third kappa shape index (κ3) is 8.43. The lowest BCUT2D eigenvalue weighted by Gasteiger charge is -2.24. The molecule has 0 atom stereocenters. The molecule has 242 valence electrons. The summed E-state index contributed by atoms with van der Waals surface area (Å²) in [5, 5.41) is 14.4. The number of anilines is 2. The molecule has 0 amide bonds. The average Bonchev–Trinajstić information content (AvgIpc) is 3.07. The summed E-state index contributed by atoms with van der Waals surface area (Å²) in [6, 6.07) is 10.0. The van der Waals surface area contributed by atoms with Gasteiger partial charge in [-0.25, -0.2) is 4.98 Å². The molecule has 3 aromatic rings. The number of nitrogens with one attached hydrogen (secondary N) is 3. The van der Waals surface area contributed by atoms with Crippen LogP contribution < -0.4 is 33.3 Å². The van der Waals surface area contributed by atoms with Gasteiger partial charge in [-0.2, -0.15) is 0 Å². The third-order valence-electron chi connectivity index (χ3n) is 8.39. The standard InChI is InChI=1S/C35H44N8O3/c1-23-2-4-25(5-3-23)30-21-43(20-24-8-12-45-13-9-24)22-32(34(30)44)42-33(38)7-6-31(37)29-16-26(18-41-35(29)39)27(17-36)19-40-28-10-14-46-15-11-28/h2-7,16-19,21-22,24,28,36,40,42H,8-15,20,37-38H2,1H3,(H2,39,41)/b27-19+,31-6-,33-7+,36-17?. The zero-order chi connectivity index (χ0) is 32.5. The molecule has 11 heteroatoms. The summed E-state index contributed by atoms with van der Waals surface area (Å²) in [5.41, 5.74) is 24.0. The van der Waals surface area contributed by atoms with Crippen molar-refractivity contribution in [2.75, 3.05) is 37.5 Å². The summed E-state index contributed by atoms with van der Waals surface area (Å²) in [5.74, 6) is 0.948. The van der Waals surface area contributed by atoms with Gasteiger partial charge in [0.15, 0.2) is 0 Å². The number of hydrogen-bond acceptors (Lipinski definition) is 10. The Morgan fingerprint density at radius 2 is 1.74 bits per heavy atom. The molecule has 2 aliphatic rings. The number of aryl methyl sites for hydroxylation is 1. The minimum atomic E-state index is -0.151. The minimum absolute atomic E-state index is 0.151. The lowest BCUT2D eigenvalue weighted by Crippen LogP contribution is -2.31. The number of benzene rings is 1. The fraction of sp³-hybridized carbons (Fsp3) is 0.343. The highest BCUT2D eigenvalue weighted by Crippen LogP contribution is 2.24. The van der Waals surface area contributed by atoms with Crippen LogP contribution in [0.4, 0.5) is 11.5 Å². The molecule has 1 aromatic carbocycles. The SMILES string of the molecule is Cc1ccc(-c2cn(CC3CCOCC3)cc(N/C(N)=C/C=C(\N)c3cc(/C(C=N)=C/NC4CCOCC4)cnc3N)c2=O)cc1. The molecule has 0 unspecified atom stereocenters. The van der Waals surface area contributed by atoms with Gasteiger partial charge in [0.2, 0.25) is 5.43 Å². The molecule has 0 aliphatic carbocycles. The lowest BCUT2D eigenvalue weighted by atomic mass is 10.00. The van der Waals surface area contributed by atoms with E-state index in [2.05, 4.69) is 20.2 Å². The molecule has 11 nitrogen and oxygen atoms in total. The van der Waals surface area contributed by atoms with Crippen molar-refractivity contribution in [1.29, 1.82) is 5.41 Å². The molecule has 2 fully saturated rings. The first-order chi connectivity index (χ1) is 22.3. The van der Waals surface area contributed by atoms with Crippen molar-refractivity contribution < 1.29 is 9.47 Å². The molecule has 2 saturated heterocycles. The molecule has 2 aromatic heterocycles. The van der Waals surface area contributed by atoms with E-state index in [-0.39, 0.29) is 17.1 Å². The molecule has 0 saturated carbocycles. The second-order valence-corrected chi connectivity index (χ2v) is 11.9. The minimum Gasteiger partial charge on any atom is -0.398 e. The fourth-order valence-corrected chi connectivity index (χ4v) is 5.60. The quantitative estimate of drug-likeness (QED) is 0.135. The predicted molar refractivity (Wildman–Crippen MR) is 185 cm³/mol. The zero-order valence-electron chi connectivity index (χ0n) is 26.3. The van der Waals surface area contributed by atoms with E-state index in [4.69, 9.17) is 32.1 Å². The van der Waals surface area contributed by atoms with Crippen LogP contribution in [0.2, 0.25) is 0 Å². The molecule has 2 aliphatic heterocycles. The summed E-state index contributed by atoms with van der Waals surface area (Å²) < 4.78 is 13.0. The monoisotopic (exact) mass is 624 g/mol. The summed E-state index contributed by atoms with van der Waals surface area (Å²) in [6.07, 6.45) is 15.4. The Balaban J connectivity index is 1.38. The average molecular weight is 625 g/mol. The highest BCUT2D eigenvalue weighted by atomic mass is 16.5. The molecule has 0 spiro atoms. The van der Waals surface area contributed by atoms with Gasteiger partial charge in [-0.05, 0) is 62.3 Å². The van der Waals surface area contributed by atoms with Gasteiger partial charge in [0.1, 0.15) is 17.3 Å². The van der Waals surface area contributed by atoms with Crippen molar-refractivity contribution in [2.45, 2.75) is 45.2 Å². The van der Waals surface area contributed by atoms with E-state index in [1.807, 2.05) is 49.8 Å².